The molecule has 0 aliphatic heterocycles. The van der Waals surface area contributed by atoms with E-state index >= 15 is 0 Å². The summed E-state index contributed by atoms with van der Waals surface area (Å²) in [5.74, 6) is 0. The molecule has 56 valence electrons. The van der Waals surface area contributed by atoms with Gasteiger partial charge in [0.2, 0.25) is 0 Å². The molecule has 0 atom stereocenters. The second-order valence-electron chi connectivity index (χ2n) is 2.63. The van der Waals surface area contributed by atoms with E-state index in [1.807, 2.05) is 13.1 Å². The number of fused-ring (bicyclic) bond motifs is 1. The third kappa shape index (κ3) is 1.01. The van der Waals surface area contributed by atoms with E-state index in [2.05, 4.69) is 22.3 Å². The lowest BCUT2D eigenvalue weighted by molar-refractivity contribution is 1.25. The van der Waals surface area contributed by atoms with Gasteiger partial charge in [-0.15, -0.1) is 0 Å². The summed E-state index contributed by atoms with van der Waals surface area (Å²) in [5, 5.41) is 1.18. The van der Waals surface area contributed by atoms with Gasteiger partial charge < -0.3 is 0 Å². The van der Waals surface area contributed by atoms with Gasteiger partial charge in [-0.2, -0.15) is 4.37 Å². The molecule has 2 nitrogen and oxygen atoms in total. The Hall–Kier alpha value is -0.960. The van der Waals surface area contributed by atoms with Crippen LogP contribution in [0.1, 0.15) is 11.3 Å². The molecule has 0 radical (unpaired) electrons. The van der Waals surface area contributed by atoms with Gasteiger partial charge in [0.1, 0.15) is 4.83 Å². The van der Waals surface area contributed by atoms with Crippen molar-refractivity contribution in [1.29, 1.82) is 0 Å². The molecule has 0 spiro atoms. The number of nitrogens with zero attached hydrogens (tertiary/aromatic N) is 2. The van der Waals surface area contributed by atoms with Crippen LogP contribution in [0, 0.1) is 13.8 Å². The van der Waals surface area contributed by atoms with E-state index < -0.39 is 0 Å². The minimum Gasteiger partial charge on any atom is -0.241 e. The standard InChI is InChI=1S/C8H8N2S/c1-5-3-6(2)10-8-7(5)4-9-11-8/h3-4H,1-2H3. The topological polar surface area (TPSA) is 25.8 Å². The summed E-state index contributed by atoms with van der Waals surface area (Å²) in [6.07, 6.45) is 1.88. The Bertz CT molecular complexity index is 392. The van der Waals surface area contributed by atoms with Crippen molar-refractivity contribution in [2.75, 3.05) is 0 Å². The van der Waals surface area contributed by atoms with Crippen molar-refractivity contribution in [3.05, 3.63) is 23.5 Å². The maximum atomic E-state index is 4.35. The average Bonchev–Trinajstić information content (AvgIpc) is 2.34. The maximum Gasteiger partial charge on any atom is 0.143 e. The van der Waals surface area contributed by atoms with E-state index in [9.17, 15) is 0 Å². The summed E-state index contributed by atoms with van der Waals surface area (Å²) < 4.78 is 4.08. The number of aryl methyl sites for hydroxylation is 2. The first kappa shape index (κ1) is 6.73. The molecule has 0 aliphatic carbocycles. The van der Waals surface area contributed by atoms with Gasteiger partial charge in [0.15, 0.2) is 0 Å². The molecular weight excluding hydrogens is 156 g/mol. The van der Waals surface area contributed by atoms with Gasteiger partial charge in [0, 0.05) is 11.1 Å². The summed E-state index contributed by atoms with van der Waals surface area (Å²) in [6, 6.07) is 2.08. The lowest BCUT2D eigenvalue weighted by Crippen LogP contribution is -1.81. The van der Waals surface area contributed by atoms with Crippen LogP contribution in [0.4, 0.5) is 0 Å². The van der Waals surface area contributed by atoms with Crippen LogP contribution in [-0.2, 0) is 0 Å². The van der Waals surface area contributed by atoms with Gasteiger partial charge in [0.25, 0.3) is 0 Å². The van der Waals surface area contributed by atoms with Gasteiger partial charge in [-0.05, 0) is 37.0 Å². The first-order valence-corrected chi connectivity index (χ1v) is 4.23. The summed E-state index contributed by atoms with van der Waals surface area (Å²) in [5.41, 5.74) is 2.33. The quantitative estimate of drug-likeness (QED) is 0.597. The summed E-state index contributed by atoms with van der Waals surface area (Å²) in [7, 11) is 0. The van der Waals surface area contributed by atoms with Gasteiger partial charge in [-0.3, -0.25) is 0 Å². The number of hydrogen-bond donors (Lipinski definition) is 0. The van der Waals surface area contributed by atoms with Gasteiger partial charge >= 0.3 is 0 Å². The molecular formula is C8H8N2S. The Kier molecular flexibility index (Phi) is 1.39. The van der Waals surface area contributed by atoms with Crippen LogP contribution in [0.3, 0.4) is 0 Å². The lowest BCUT2D eigenvalue weighted by atomic mass is 10.2. The molecule has 0 saturated carbocycles. The third-order valence-corrected chi connectivity index (χ3v) is 2.37. The summed E-state index contributed by atoms with van der Waals surface area (Å²) in [6.45, 7) is 4.09. The molecule has 0 aromatic carbocycles. The highest BCUT2D eigenvalue weighted by Gasteiger charge is 2.00. The predicted molar refractivity (Wildman–Crippen MR) is 46.9 cm³/mol. The Morgan fingerprint density at radius 3 is 3.00 bits per heavy atom. The number of hydrogen-bond acceptors (Lipinski definition) is 3. The van der Waals surface area contributed by atoms with E-state index in [1.54, 1.807) is 0 Å². The van der Waals surface area contributed by atoms with Crippen LogP contribution in [0.5, 0.6) is 0 Å². The molecule has 3 heteroatoms. The monoisotopic (exact) mass is 164 g/mol. The van der Waals surface area contributed by atoms with Crippen molar-refractivity contribution in [3.63, 3.8) is 0 Å². The normalized spacial score (nSPS) is 10.7. The summed E-state index contributed by atoms with van der Waals surface area (Å²) >= 11 is 1.45. The minimum absolute atomic E-state index is 1.04. The highest BCUT2D eigenvalue weighted by atomic mass is 32.1. The van der Waals surface area contributed by atoms with Crippen molar-refractivity contribution < 1.29 is 0 Å². The second kappa shape index (κ2) is 2.27. The smallest absolute Gasteiger partial charge is 0.143 e. The minimum atomic E-state index is 1.04. The van der Waals surface area contributed by atoms with E-state index in [4.69, 9.17) is 0 Å². The predicted octanol–water partition coefficient (Wildman–Crippen LogP) is 2.31. The molecule has 2 aromatic heterocycles. The van der Waals surface area contributed by atoms with E-state index in [1.165, 1.54) is 22.5 Å². The van der Waals surface area contributed by atoms with Crippen LogP contribution < -0.4 is 0 Å². The Morgan fingerprint density at radius 1 is 1.36 bits per heavy atom. The van der Waals surface area contributed by atoms with Crippen LogP contribution in [0.2, 0.25) is 0 Å². The van der Waals surface area contributed by atoms with Gasteiger partial charge in [0.05, 0.1) is 6.20 Å². The maximum absolute atomic E-state index is 4.35. The van der Waals surface area contributed by atoms with Crippen molar-refractivity contribution in [3.8, 4) is 0 Å². The zero-order chi connectivity index (χ0) is 7.84. The number of rotatable bonds is 0. The molecule has 0 fully saturated rings. The average molecular weight is 164 g/mol. The van der Waals surface area contributed by atoms with Gasteiger partial charge in [-0.25, -0.2) is 4.98 Å². The fourth-order valence-electron chi connectivity index (χ4n) is 1.17. The highest BCUT2D eigenvalue weighted by Crippen LogP contribution is 2.19. The van der Waals surface area contributed by atoms with E-state index in [0.717, 1.165) is 10.5 Å². The number of pyridine rings is 1. The molecule has 0 saturated heterocycles. The van der Waals surface area contributed by atoms with E-state index in [0.29, 0.717) is 0 Å². The lowest BCUT2D eigenvalue weighted by Gasteiger charge is -1.95. The van der Waals surface area contributed by atoms with E-state index in [-0.39, 0.29) is 0 Å². The van der Waals surface area contributed by atoms with Crippen molar-refractivity contribution in [2.45, 2.75) is 13.8 Å². The van der Waals surface area contributed by atoms with Crippen molar-refractivity contribution in [2.24, 2.45) is 0 Å². The van der Waals surface area contributed by atoms with Crippen LogP contribution >= 0.6 is 11.5 Å². The third-order valence-electron chi connectivity index (χ3n) is 1.68. The molecule has 0 amide bonds. The molecule has 0 N–H and O–H groups in total. The highest BCUT2D eigenvalue weighted by molar-refractivity contribution is 7.12. The molecule has 2 heterocycles. The van der Waals surface area contributed by atoms with Crippen LogP contribution in [0.15, 0.2) is 12.3 Å². The second-order valence-corrected chi connectivity index (χ2v) is 3.41. The fraction of sp³-hybridized carbons (Fsp3) is 0.250. The molecule has 2 aromatic rings. The molecule has 0 bridgehead atoms. The largest absolute Gasteiger partial charge is 0.241 e. The number of aromatic nitrogens is 2. The van der Waals surface area contributed by atoms with Gasteiger partial charge in [-0.1, -0.05) is 0 Å². The Balaban J connectivity index is 2.91. The van der Waals surface area contributed by atoms with Crippen molar-refractivity contribution in [1.82, 2.24) is 9.36 Å². The molecule has 0 aliphatic rings. The first-order valence-electron chi connectivity index (χ1n) is 3.46. The van der Waals surface area contributed by atoms with Crippen LogP contribution in [0.25, 0.3) is 10.2 Å². The van der Waals surface area contributed by atoms with Crippen molar-refractivity contribution >= 4 is 21.7 Å². The molecule has 11 heavy (non-hydrogen) atoms. The first-order chi connectivity index (χ1) is 5.27. The Morgan fingerprint density at radius 2 is 2.18 bits per heavy atom. The van der Waals surface area contributed by atoms with Crippen LogP contribution in [-0.4, -0.2) is 9.36 Å². The SMILES string of the molecule is Cc1cc(C)c2cnsc2n1. The summed E-state index contributed by atoms with van der Waals surface area (Å²) in [4.78, 5) is 5.40. The molecule has 2 rings (SSSR count). The Labute approximate surface area is 69.1 Å². The zero-order valence-electron chi connectivity index (χ0n) is 6.46. The fourth-order valence-corrected chi connectivity index (χ4v) is 1.92. The molecule has 0 unspecified atom stereocenters. The zero-order valence-corrected chi connectivity index (χ0v) is 7.27.